The first kappa shape index (κ1) is 14.6. The molecule has 1 saturated heterocycles. The highest BCUT2D eigenvalue weighted by atomic mass is 32.2. The molecule has 2 rings (SSSR count). The predicted octanol–water partition coefficient (Wildman–Crippen LogP) is 1.41. The van der Waals surface area contributed by atoms with Crippen LogP contribution in [0, 0.1) is 0 Å². The molecule has 0 radical (unpaired) electrons. The number of carbonyl (C=O) groups is 1. The molecule has 1 fully saturated rings. The fourth-order valence-electron chi connectivity index (χ4n) is 2.16. The Hall–Kier alpha value is -1.82. The summed E-state index contributed by atoms with van der Waals surface area (Å²) in [6.45, 7) is 1.23. The van der Waals surface area contributed by atoms with Crippen molar-refractivity contribution in [1.29, 1.82) is 0 Å². The molecule has 0 atom stereocenters. The number of sulfone groups is 1. The first-order chi connectivity index (χ1) is 9.46. The zero-order chi connectivity index (χ0) is 14.6. The van der Waals surface area contributed by atoms with Gasteiger partial charge in [0.25, 0.3) is 0 Å². The molecular weight excluding hydrogens is 278 g/mol. The minimum Gasteiger partial charge on any atom is -0.478 e. The molecule has 0 aromatic heterocycles. The normalized spacial score (nSPS) is 18.9. The van der Waals surface area contributed by atoms with Crippen LogP contribution in [-0.2, 0) is 14.6 Å². The number of nitrogens with zero attached hydrogens (tertiary/aromatic N) is 1. The second-order valence-corrected chi connectivity index (χ2v) is 7.06. The van der Waals surface area contributed by atoms with Crippen LogP contribution in [0.5, 0.6) is 0 Å². The number of anilines is 1. The highest BCUT2D eigenvalue weighted by Gasteiger charge is 2.19. The van der Waals surface area contributed by atoms with Crippen molar-refractivity contribution < 1.29 is 18.3 Å². The second kappa shape index (κ2) is 6.09. The Morgan fingerprint density at radius 3 is 2.50 bits per heavy atom. The first-order valence-electron chi connectivity index (χ1n) is 6.43. The minimum atomic E-state index is -2.90. The highest BCUT2D eigenvalue weighted by Crippen LogP contribution is 2.18. The van der Waals surface area contributed by atoms with Gasteiger partial charge in [-0.3, -0.25) is 0 Å². The number of carboxylic acids is 1. The maximum Gasteiger partial charge on any atom is 0.328 e. The Bertz CT molecular complexity index is 605. The number of carboxylic acid groups (broad SMARTS) is 1. The average Bonchev–Trinajstić information content (AvgIpc) is 2.58. The molecule has 5 nitrogen and oxygen atoms in total. The molecule has 108 valence electrons. The van der Waals surface area contributed by atoms with Gasteiger partial charge in [-0.15, -0.1) is 0 Å². The lowest BCUT2D eigenvalue weighted by Gasteiger charge is -2.22. The van der Waals surface area contributed by atoms with Gasteiger partial charge < -0.3 is 10.0 Å². The third-order valence-corrected chi connectivity index (χ3v) is 4.95. The highest BCUT2D eigenvalue weighted by molar-refractivity contribution is 7.91. The summed E-state index contributed by atoms with van der Waals surface area (Å²) in [4.78, 5) is 12.5. The van der Waals surface area contributed by atoms with Crippen LogP contribution in [0.15, 0.2) is 30.3 Å². The Morgan fingerprint density at radius 1 is 1.15 bits per heavy atom. The van der Waals surface area contributed by atoms with Crippen molar-refractivity contribution in [2.45, 2.75) is 6.42 Å². The molecule has 6 heteroatoms. The van der Waals surface area contributed by atoms with Crippen molar-refractivity contribution in [2.75, 3.05) is 29.5 Å². The van der Waals surface area contributed by atoms with Crippen LogP contribution in [-0.4, -0.2) is 44.1 Å². The number of hydrogen-bond donors (Lipinski definition) is 1. The summed E-state index contributed by atoms with van der Waals surface area (Å²) in [7, 11) is -2.90. The van der Waals surface area contributed by atoms with E-state index in [1.165, 1.54) is 6.08 Å². The van der Waals surface area contributed by atoms with Gasteiger partial charge in [-0.05, 0) is 30.2 Å². The fraction of sp³-hybridized carbons (Fsp3) is 0.357. The lowest BCUT2D eigenvalue weighted by Crippen LogP contribution is -2.26. The molecule has 20 heavy (non-hydrogen) atoms. The lowest BCUT2D eigenvalue weighted by molar-refractivity contribution is -0.131. The standard InChI is InChI=1S/C14H17NO4S/c16-14(17)7-4-12-2-5-13(6-3-12)15-8-1-10-20(18,19)11-9-15/h2-7H,1,8-11H2,(H,16,17)/b7-4+. The van der Waals surface area contributed by atoms with Gasteiger partial charge in [0.05, 0.1) is 11.5 Å². The van der Waals surface area contributed by atoms with Gasteiger partial charge in [-0.2, -0.15) is 0 Å². The smallest absolute Gasteiger partial charge is 0.328 e. The third kappa shape index (κ3) is 4.09. The zero-order valence-electron chi connectivity index (χ0n) is 11.0. The van der Waals surface area contributed by atoms with Crippen molar-refractivity contribution in [2.24, 2.45) is 0 Å². The SMILES string of the molecule is O=C(O)/C=C/c1ccc(N2CCCS(=O)(=O)CC2)cc1. The van der Waals surface area contributed by atoms with E-state index in [9.17, 15) is 13.2 Å². The predicted molar refractivity (Wildman–Crippen MR) is 78.6 cm³/mol. The van der Waals surface area contributed by atoms with Crippen molar-refractivity contribution in [1.82, 2.24) is 0 Å². The first-order valence-corrected chi connectivity index (χ1v) is 8.25. The van der Waals surface area contributed by atoms with E-state index in [0.717, 1.165) is 23.9 Å². The summed E-state index contributed by atoms with van der Waals surface area (Å²) in [6.07, 6.45) is 3.26. The largest absolute Gasteiger partial charge is 0.478 e. The molecule has 1 aliphatic rings. The van der Waals surface area contributed by atoms with Crippen LogP contribution in [0.25, 0.3) is 6.08 Å². The van der Waals surface area contributed by atoms with Gasteiger partial charge in [-0.1, -0.05) is 12.1 Å². The Kier molecular flexibility index (Phi) is 4.44. The molecule has 1 aromatic rings. The molecule has 0 bridgehead atoms. The second-order valence-electron chi connectivity index (χ2n) is 4.76. The molecule has 1 N–H and O–H groups in total. The lowest BCUT2D eigenvalue weighted by atomic mass is 10.2. The van der Waals surface area contributed by atoms with Crippen molar-refractivity contribution in [3.8, 4) is 0 Å². The topological polar surface area (TPSA) is 74.7 Å². The molecule has 0 amide bonds. The molecule has 0 unspecified atom stereocenters. The monoisotopic (exact) mass is 295 g/mol. The number of hydrogen-bond acceptors (Lipinski definition) is 4. The van der Waals surface area contributed by atoms with Crippen molar-refractivity contribution in [3.63, 3.8) is 0 Å². The van der Waals surface area contributed by atoms with Gasteiger partial charge in [-0.25, -0.2) is 13.2 Å². The summed E-state index contributed by atoms with van der Waals surface area (Å²) in [5.74, 6) is -0.539. The zero-order valence-corrected chi connectivity index (χ0v) is 11.8. The summed E-state index contributed by atoms with van der Waals surface area (Å²) < 4.78 is 23.1. The Labute approximate surface area is 118 Å². The number of aliphatic carboxylic acids is 1. The van der Waals surface area contributed by atoms with Gasteiger partial charge in [0, 0.05) is 24.9 Å². The van der Waals surface area contributed by atoms with Crippen LogP contribution < -0.4 is 4.90 Å². The van der Waals surface area contributed by atoms with Crippen LogP contribution in [0.2, 0.25) is 0 Å². The van der Waals surface area contributed by atoms with Gasteiger partial charge in [0.15, 0.2) is 9.84 Å². The maximum absolute atomic E-state index is 11.6. The third-order valence-electron chi connectivity index (χ3n) is 3.23. The summed E-state index contributed by atoms with van der Waals surface area (Å²) in [5, 5.41) is 8.56. The van der Waals surface area contributed by atoms with E-state index in [-0.39, 0.29) is 11.5 Å². The van der Waals surface area contributed by atoms with Gasteiger partial charge >= 0.3 is 5.97 Å². The molecule has 1 aromatic carbocycles. The Balaban J connectivity index is 2.08. The van der Waals surface area contributed by atoms with E-state index in [4.69, 9.17) is 5.11 Å². The van der Waals surface area contributed by atoms with E-state index in [0.29, 0.717) is 13.0 Å². The van der Waals surface area contributed by atoms with Crippen LogP contribution in [0.4, 0.5) is 5.69 Å². The van der Waals surface area contributed by atoms with Crippen LogP contribution in [0.1, 0.15) is 12.0 Å². The molecule has 1 heterocycles. The fourth-order valence-corrected chi connectivity index (χ4v) is 3.43. The maximum atomic E-state index is 11.6. The van der Waals surface area contributed by atoms with E-state index in [1.807, 2.05) is 24.3 Å². The van der Waals surface area contributed by atoms with Crippen LogP contribution >= 0.6 is 0 Å². The van der Waals surface area contributed by atoms with E-state index in [1.54, 1.807) is 0 Å². The van der Waals surface area contributed by atoms with E-state index in [2.05, 4.69) is 4.90 Å². The summed E-state index contributed by atoms with van der Waals surface area (Å²) in [5.41, 5.74) is 1.77. The average molecular weight is 295 g/mol. The van der Waals surface area contributed by atoms with Gasteiger partial charge in [0.2, 0.25) is 0 Å². The van der Waals surface area contributed by atoms with E-state index < -0.39 is 15.8 Å². The minimum absolute atomic E-state index is 0.188. The molecule has 0 spiro atoms. The number of benzene rings is 1. The Morgan fingerprint density at radius 2 is 1.85 bits per heavy atom. The van der Waals surface area contributed by atoms with Crippen molar-refractivity contribution >= 4 is 27.6 Å². The van der Waals surface area contributed by atoms with E-state index >= 15 is 0 Å². The van der Waals surface area contributed by atoms with Gasteiger partial charge in [0.1, 0.15) is 0 Å². The quantitative estimate of drug-likeness (QED) is 0.853. The molecule has 0 saturated carbocycles. The van der Waals surface area contributed by atoms with Crippen LogP contribution in [0.3, 0.4) is 0 Å². The van der Waals surface area contributed by atoms with Crippen molar-refractivity contribution in [3.05, 3.63) is 35.9 Å². The molecule has 0 aliphatic carbocycles. The number of rotatable bonds is 3. The molecule has 1 aliphatic heterocycles. The molecular formula is C14H17NO4S. The summed E-state index contributed by atoms with van der Waals surface area (Å²) >= 11 is 0. The summed E-state index contributed by atoms with van der Waals surface area (Å²) in [6, 6.07) is 7.43.